The van der Waals surface area contributed by atoms with Gasteiger partial charge in [-0.05, 0) is 33.8 Å². The number of guanidine groups is 1. The van der Waals surface area contributed by atoms with Crippen molar-refractivity contribution in [2.24, 2.45) is 4.99 Å². The second-order valence-electron chi connectivity index (χ2n) is 6.78. The first-order valence-electron chi connectivity index (χ1n) is 8.88. The van der Waals surface area contributed by atoms with E-state index in [4.69, 9.17) is 9.47 Å². The summed E-state index contributed by atoms with van der Waals surface area (Å²) in [6.45, 7) is 10.2. The standard InChI is InChI=1S/C19H32N4O3/c1-6-20-18(22-13-17(24)23-19(2,3)4)21-11-12-26-14-15-9-7-8-10-16(15)25-5/h7-10H,6,11-14H2,1-5H3,(H,23,24)(H2,20,21,22). The number of carbonyl (C=O) groups excluding carboxylic acids is 1. The Balaban J connectivity index is 2.36. The lowest BCUT2D eigenvalue weighted by Crippen LogP contribution is -2.43. The number of ether oxygens (including phenoxy) is 2. The van der Waals surface area contributed by atoms with Crippen molar-refractivity contribution < 1.29 is 14.3 Å². The minimum absolute atomic E-state index is 0.0781. The van der Waals surface area contributed by atoms with E-state index in [0.717, 1.165) is 17.9 Å². The van der Waals surface area contributed by atoms with E-state index in [9.17, 15) is 4.79 Å². The monoisotopic (exact) mass is 364 g/mol. The van der Waals surface area contributed by atoms with E-state index in [2.05, 4.69) is 20.9 Å². The van der Waals surface area contributed by atoms with Crippen LogP contribution in [-0.2, 0) is 16.1 Å². The molecule has 0 aliphatic carbocycles. The third-order valence-electron chi connectivity index (χ3n) is 3.23. The van der Waals surface area contributed by atoms with Crippen molar-refractivity contribution in [3.8, 4) is 5.75 Å². The van der Waals surface area contributed by atoms with Gasteiger partial charge in [0, 0.05) is 24.2 Å². The molecule has 7 nitrogen and oxygen atoms in total. The van der Waals surface area contributed by atoms with Gasteiger partial charge in [0.05, 0.1) is 20.3 Å². The molecule has 0 aliphatic rings. The molecule has 0 radical (unpaired) electrons. The van der Waals surface area contributed by atoms with Crippen molar-refractivity contribution >= 4 is 11.9 Å². The number of amides is 1. The van der Waals surface area contributed by atoms with Crippen LogP contribution >= 0.6 is 0 Å². The zero-order valence-corrected chi connectivity index (χ0v) is 16.5. The van der Waals surface area contributed by atoms with Crippen LogP contribution < -0.4 is 20.7 Å². The van der Waals surface area contributed by atoms with Gasteiger partial charge >= 0.3 is 0 Å². The molecular weight excluding hydrogens is 332 g/mol. The summed E-state index contributed by atoms with van der Waals surface area (Å²) < 4.78 is 11.0. The maximum Gasteiger partial charge on any atom is 0.242 e. The fourth-order valence-electron chi connectivity index (χ4n) is 2.20. The molecule has 1 amide bonds. The summed E-state index contributed by atoms with van der Waals surface area (Å²) in [6.07, 6.45) is 0. The van der Waals surface area contributed by atoms with Crippen LogP contribution in [0.4, 0.5) is 0 Å². The van der Waals surface area contributed by atoms with Crippen molar-refractivity contribution in [1.82, 2.24) is 16.0 Å². The molecule has 0 aromatic heterocycles. The van der Waals surface area contributed by atoms with E-state index in [1.54, 1.807) is 7.11 Å². The third-order valence-corrected chi connectivity index (χ3v) is 3.23. The minimum atomic E-state index is -0.259. The Morgan fingerprint density at radius 3 is 2.58 bits per heavy atom. The predicted molar refractivity (Wildman–Crippen MR) is 105 cm³/mol. The molecular formula is C19H32N4O3. The highest BCUT2D eigenvalue weighted by Crippen LogP contribution is 2.17. The molecule has 0 fully saturated rings. The van der Waals surface area contributed by atoms with E-state index < -0.39 is 0 Å². The van der Waals surface area contributed by atoms with Crippen LogP contribution in [0.2, 0.25) is 0 Å². The second-order valence-corrected chi connectivity index (χ2v) is 6.78. The van der Waals surface area contributed by atoms with Gasteiger partial charge in [-0.25, -0.2) is 4.99 Å². The minimum Gasteiger partial charge on any atom is -0.496 e. The smallest absolute Gasteiger partial charge is 0.242 e. The Morgan fingerprint density at radius 2 is 1.92 bits per heavy atom. The zero-order valence-electron chi connectivity index (χ0n) is 16.5. The molecule has 1 aromatic rings. The Kier molecular flexibility index (Phi) is 9.51. The summed E-state index contributed by atoms with van der Waals surface area (Å²) in [5.74, 6) is 1.31. The predicted octanol–water partition coefficient (Wildman–Crippen LogP) is 1.68. The maximum absolute atomic E-state index is 11.9. The first kappa shape index (κ1) is 21.8. The SMILES string of the molecule is CCNC(=NCC(=O)NC(C)(C)C)NCCOCc1ccccc1OC. The van der Waals surface area contributed by atoms with Gasteiger partial charge < -0.3 is 25.4 Å². The molecule has 1 rings (SSSR count). The normalized spacial score (nSPS) is 11.8. The quantitative estimate of drug-likeness (QED) is 0.353. The molecule has 1 aromatic carbocycles. The van der Waals surface area contributed by atoms with Crippen molar-refractivity contribution in [3.05, 3.63) is 29.8 Å². The molecule has 0 saturated heterocycles. The summed E-state index contributed by atoms with van der Waals surface area (Å²) in [5, 5.41) is 9.15. The summed E-state index contributed by atoms with van der Waals surface area (Å²) in [4.78, 5) is 16.1. The van der Waals surface area contributed by atoms with Crippen LogP contribution in [0.3, 0.4) is 0 Å². The number of aliphatic imine (C=N–C) groups is 1. The van der Waals surface area contributed by atoms with E-state index in [1.807, 2.05) is 52.0 Å². The second kappa shape index (κ2) is 11.4. The Hall–Kier alpha value is -2.28. The number of nitrogens with one attached hydrogen (secondary N) is 3. The Morgan fingerprint density at radius 1 is 1.19 bits per heavy atom. The lowest BCUT2D eigenvalue weighted by Gasteiger charge is -2.20. The topological polar surface area (TPSA) is 84.0 Å². The molecule has 0 atom stereocenters. The van der Waals surface area contributed by atoms with Crippen LogP contribution in [0, 0.1) is 0 Å². The van der Waals surface area contributed by atoms with Crippen molar-refractivity contribution in [3.63, 3.8) is 0 Å². The van der Waals surface area contributed by atoms with Crippen LogP contribution in [0.25, 0.3) is 0 Å². The molecule has 26 heavy (non-hydrogen) atoms. The highest BCUT2D eigenvalue weighted by atomic mass is 16.5. The highest BCUT2D eigenvalue weighted by Gasteiger charge is 2.13. The molecule has 0 heterocycles. The van der Waals surface area contributed by atoms with Gasteiger partial charge in [-0.15, -0.1) is 0 Å². The van der Waals surface area contributed by atoms with E-state index in [0.29, 0.717) is 25.7 Å². The number of methoxy groups -OCH3 is 1. The van der Waals surface area contributed by atoms with Crippen molar-refractivity contribution in [2.75, 3.05) is 33.4 Å². The molecule has 0 spiro atoms. The van der Waals surface area contributed by atoms with Gasteiger partial charge in [0.25, 0.3) is 0 Å². The molecule has 0 aliphatic heterocycles. The Labute approximate surface area is 156 Å². The molecule has 0 unspecified atom stereocenters. The first-order valence-corrected chi connectivity index (χ1v) is 8.88. The lowest BCUT2D eigenvalue weighted by atomic mass is 10.1. The van der Waals surface area contributed by atoms with E-state index >= 15 is 0 Å². The van der Waals surface area contributed by atoms with E-state index in [-0.39, 0.29) is 18.0 Å². The summed E-state index contributed by atoms with van der Waals surface area (Å²) in [7, 11) is 1.65. The van der Waals surface area contributed by atoms with E-state index in [1.165, 1.54) is 0 Å². The van der Waals surface area contributed by atoms with Crippen LogP contribution in [-0.4, -0.2) is 50.8 Å². The average Bonchev–Trinajstić information content (AvgIpc) is 2.58. The first-order chi connectivity index (χ1) is 12.4. The number of nitrogens with zero attached hydrogens (tertiary/aromatic N) is 1. The van der Waals surface area contributed by atoms with Gasteiger partial charge in [0.2, 0.25) is 5.91 Å². The van der Waals surface area contributed by atoms with Gasteiger partial charge in [-0.3, -0.25) is 4.79 Å². The number of para-hydroxylation sites is 1. The number of carbonyl (C=O) groups is 1. The van der Waals surface area contributed by atoms with Gasteiger partial charge in [-0.2, -0.15) is 0 Å². The van der Waals surface area contributed by atoms with Gasteiger partial charge in [-0.1, -0.05) is 18.2 Å². The largest absolute Gasteiger partial charge is 0.496 e. The molecule has 146 valence electrons. The van der Waals surface area contributed by atoms with Crippen LogP contribution in [0.1, 0.15) is 33.3 Å². The maximum atomic E-state index is 11.9. The Bertz CT molecular complexity index is 582. The fraction of sp³-hybridized carbons (Fsp3) is 0.579. The molecule has 0 saturated carbocycles. The van der Waals surface area contributed by atoms with Crippen molar-refractivity contribution in [1.29, 1.82) is 0 Å². The number of hydrogen-bond donors (Lipinski definition) is 3. The summed E-state index contributed by atoms with van der Waals surface area (Å²) in [5.41, 5.74) is 0.750. The van der Waals surface area contributed by atoms with Crippen LogP contribution in [0.15, 0.2) is 29.3 Å². The molecule has 0 bridgehead atoms. The fourth-order valence-corrected chi connectivity index (χ4v) is 2.20. The summed E-state index contributed by atoms with van der Waals surface area (Å²) in [6, 6.07) is 7.78. The van der Waals surface area contributed by atoms with Crippen molar-refractivity contribution in [2.45, 2.75) is 39.8 Å². The molecule has 7 heteroatoms. The van der Waals surface area contributed by atoms with Gasteiger partial charge in [0.15, 0.2) is 5.96 Å². The highest BCUT2D eigenvalue weighted by molar-refractivity contribution is 5.85. The van der Waals surface area contributed by atoms with Gasteiger partial charge in [0.1, 0.15) is 12.3 Å². The molecule has 3 N–H and O–H groups in total. The third kappa shape index (κ3) is 9.27. The number of hydrogen-bond acceptors (Lipinski definition) is 4. The zero-order chi connectivity index (χ0) is 19.4. The summed E-state index contributed by atoms with van der Waals surface area (Å²) >= 11 is 0. The average molecular weight is 364 g/mol. The van der Waals surface area contributed by atoms with Crippen LogP contribution in [0.5, 0.6) is 5.75 Å². The lowest BCUT2D eigenvalue weighted by molar-refractivity contribution is -0.121. The number of benzene rings is 1. The number of rotatable bonds is 9.